The molecular formula is C22H18ClFO4. The highest BCUT2D eigenvalue weighted by Crippen LogP contribution is 2.48. The maximum Gasteiger partial charge on any atom is 0.311 e. The molecule has 0 fully saturated rings. The summed E-state index contributed by atoms with van der Waals surface area (Å²) in [5.74, 6) is -0.137. The van der Waals surface area contributed by atoms with E-state index in [-0.39, 0.29) is 40.4 Å². The summed E-state index contributed by atoms with van der Waals surface area (Å²) in [4.78, 5) is 24.8. The van der Waals surface area contributed by atoms with Crippen LogP contribution in [-0.2, 0) is 4.79 Å². The first kappa shape index (κ1) is 18.7. The molecule has 0 amide bonds. The quantitative estimate of drug-likeness (QED) is 0.386. The molecule has 0 saturated heterocycles. The number of hydrogen-bond acceptors (Lipinski definition) is 4. The van der Waals surface area contributed by atoms with E-state index in [0.29, 0.717) is 23.0 Å². The molecule has 0 bridgehead atoms. The van der Waals surface area contributed by atoms with E-state index in [4.69, 9.17) is 21.1 Å². The largest absolute Gasteiger partial charge is 0.452 e. The number of ketones is 1. The second-order valence-corrected chi connectivity index (χ2v) is 7.84. The average molecular weight is 401 g/mol. The number of fused-ring (bicyclic) bond motifs is 3. The van der Waals surface area contributed by atoms with Gasteiger partial charge in [0.1, 0.15) is 17.3 Å². The van der Waals surface area contributed by atoms with Gasteiger partial charge in [-0.3, -0.25) is 9.59 Å². The maximum atomic E-state index is 14.1. The molecule has 0 N–H and O–H groups in total. The Bertz CT molecular complexity index is 1010. The zero-order valence-electron chi connectivity index (χ0n) is 15.4. The first-order valence-electron chi connectivity index (χ1n) is 9.11. The molecule has 2 aliphatic rings. The lowest BCUT2D eigenvalue weighted by atomic mass is 9.84. The number of carbonyl (C=O) groups is 2. The lowest BCUT2D eigenvalue weighted by Gasteiger charge is -2.27. The Hall–Kier alpha value is -2.66. The molecule has 2 aromatic carbocycles. The van der Waals surface area contributed by atoms with Gasteiger partial charge in [0.25, 0.3) is 0 Å². The Morgan fingerprint density at radius 2 is 2.00 bits per heavy atom. The second kappa shape index (κ2) is 7.06. The number of hydrogen-bond donors (Lipinski definition) is 0. The lowest BCUT2D eigenvalue weighted by molar-refractivity contribution is -0.136. The molecule has 2 heterocycles. The molecule has 0 radical (unpaired) electrons. The van der Waals surface area contributed by atoms with Gasteiger partial charge in [-0.2, -0.15) is 0 Å². The molecule has 6 heteroatoms. The van der Waals surface area contributed by atoms with Crippen LogP contribution in [0.2, 0.25) is 5.02 Å². The van der Waals surface area contributed by atoms with E-state index in [1.807, 2.05) is 0 Å². The Kier molecular flexibility index (Phi) is 4.71. The maximum absolute atomic E-state index is 14.1. The number of rotatable bonds is 3. The molecule has 4 nitrogen and oxygen atoms in total. The van der Waals surface area contributed by atoms with E-state index in [9.17, 15) is 14.0 Å². The van der Waals surface area contributed by atoms with Crippen LogP contribution in [0, 0.1) is 11.7 Å². The zero-order valence-corrected chi connectivity index (χ0v) is 16.2. The van der Waals surface area contributed by atoms with Gasteiger partial charge in [-0.05, 0) is 42.7 Å². The summed E-state index contributed by atoms with van der Waals surface area (Å²) in [7, 11) is 0. The first-order chi connectivity index (χ1) is 13.3. The molecule has 4 rings (SSSR count). The van der Waals surface area contributed by atoms with E-state index in [2.05, 4.69) is 13.8 Å². The van der Waals surface area contributed by atoms with Crippen molar-refractivity contribution in [3.63, 3.8) is 0 Å². The Morgan fingerprint density at radius 3 is 2.71 bits per heavy atom. The Balaban J connectivity index is 1.80. The number of carbonyl (C=O) groups excluding carboxylic acids is 2. The van der Waals surface area contributed by atoms with Crippen LogP contribution in [0.4, 0.5) is 4.39 Å². The fourth-order valence-corrected chi connectivity index (χ4v) is 3.96. The highest BCUT2D eigenvalue weighted by atomic mass is 35.5. The van der Waals surface area contributed by atoms with Crippen molar-refractivity contribution in [2.24, 2.45) is 5.92 Å². The molecule has 2 aromatic rings. The molecule has 144 valence electrons. The van der Waals surface area contributed by atoms with Gasteiger partial charge in [0, 0.05) is 17.0 Å². The summed E-state index contributed by atoms with van der Waals surface area (Å²) >= 11 is 6.07. The lowest BCUT2D eigenvalue weighted by Crippen LogP contribution is -2.21. The third-order valence-corrected chi connectivity index (χ3v) is 5.24. The predicted molar refractivity (Wildman–Crippen MR) is 103 cm³/mol. The third-order valence-electron chi connectivity index (χ3n) is 4.91. The van der Waals surface area contributed by atoms with E-state index in [1.54, 1.807) is 18.2 Å². The average Bonchev–Trinajstić information content (AvgIpc) is 2.93. The summed E-state index contributed by atoms with van der Waals surface area (Å²) in [5, 5.41) is 0.188. The van der Waals surface area contributed by atoms with Gasteiger partial charge in [0.15, 0.2) is 5.76 Å². The number of esters is 1. The van der Waals surface area contributed by atoms with Gasteiger partial charge in [-0.25, -0.2) is 4.39 Å². The highest BCUT2D eigenvalue weighted by molar-refractivity contribution is 6.32. The highest BCUT2D eigenvalue weighted by Gasteiger charge is 2.38. The first-order valence-corrected chi connectivity index (χ1v) is 9.48. The van der Waals surface area contributed by atoms with Gasteiger partial charge in [0.05, 0.1) is 17.0 Å². The van der Waals surface area contributed by atoms with Crippen LogP contribution in [0.1, 0.15) is 54.1 Å². The minimum atomic E-state index is -0.541. The second-order valence-electron chi connectivity index (χ2n) is 7.43. The van der Waals surface area contributed by atoms with Gasteiger partial charge in [0.2, 0.25) is 5.78 Å². The van der Waals surface area contributed by atoms with Gasteiger partial charge in [-0.15, -0.1) is 0 Å². The topological polar surface area (TPSA) is 52.6 Å². The van der Waals surface area contributed by atoms with E-state index >= 15 is 0 Å². The molecule has 28 heavy (non-hydrogen) atoms. The smallest absolute Gasteiger partial charge is 0.311 e. The summed E-state index contributed by atoms with van der Waals surface area (Å²) in [5.41, 5.74) is 1.20. The van der Waals surface area contributed by atoms with Crippen LogP contribution in [-0.4, -0.2) is 11.8 Å². The van der Waals surface area contributed by atoms with Gasteiger partial charge < -0.3 is 9.47 Å². The minimum Gasteiger partial charge on any atom is -0.452 e. The van der Waals surface area contributed by atoms with Gasteiger partial charge >= 0.3 is 5.97 Å². The number of allylic oxidation sites excluding steroid dienone is 1. The number of ether oxygens (including phenoxy) is 2. The van der Waals surface area contributed by atoms with Crippen LogP contribution >= 0.6 is 11.6 Å². The van der Waals surface area contributed by atoms with Crippen LogP contribution in [0.15, 0.2) is 36.1 Å². The summed E-state index contributed by atoms with van der Waals surface area (Å²) < 4.78 is 25.4. The molecule has 1 atom stereocenters. The van der Waals surface area contributed by atoms with Crippen molar-refractivity contribution in [2.45, 2.75) is 32.6 Å². The Labute approximate surface area is 166 Å². The van der Waals surface area contributed by atoms with Crippen LogP contribution in [0.5, 0.6) is 11.5 Å². The normalized spacial score (nSPS) is 19.5. The monoisotopic (exact) mass is 400 g/mol. The van der Waals surface area contributed by atoms with Crippen molar-refractivity contribution >= 4 is 29.4 Å². The van der Waals surface area contributed by atoms with Crippen LogP contribution < -0.4 is 9.47 Å². The fraction of sp³-hybridized carbons (Fsp3) is 0.273. The van der Waals surface area contributed by atoms with E-state index in [1.165, 1.54) is 18.2 Å². The molecule has 0 aliphatic carbocycles. The van der Waals surface area contributed by atoms with Crippen molar-refractivity contribution in [2.75, 3.05) is 0 Å². The van der Waals surface area contributed by atoms with Crippen molar-refractivity contribution < 1.29 is 23.5 Å². The van der Waals surface area contributed by atoms with E-state index < -0.39 is 5.82 Å². The standard InChI is InChI=1S/C22H18ClFO4/c1-11(2)8-12-9-19(25)27-17-7-6-13-21(26)18(28-22(13)20(12)17)10-14-15(23)4-3-5-16(14)24/h3-7,10-12H,8-9H2,1-2H3/b18-10-. The van der Waals surface area contributed by atoms with E-state index in [0.717, 1.165) is 12.0 Å². The summed E-state index contributed by atoms with van der Waals surface area (Å²) in [6.45, 7) is 4.14. The minimum absolute atomic E-state index is 0.00408. The molecule has 1 unspecified atom stereocenters. The number of Topliss-reactive ketones (excluding diaryl/α,β-unsaturated/α-hetero) is 1. The fourth-order valence-electron chi connectivity index (χ4n) is 3.75. The molecule has 2 aliphatic heterocycles. The van der Waals surface area contributed by atoms with Crippen molar-refractivity contribution in [1.82, 2.24) is 0 Å². The number of halogens is 2. The SMILES string of the molecule is CC(C)CC1CC(=O)Oc2ccc3c(c21)O/C(=C\c1c(F)cccc1Cl)C3=O. The van der Waals surface area contributed by atoms with Gasteiger partial charge in [-0.1, -0.05) is 31.5 Å². The van der Waals surface area contributed by atoms with Crippen molar-refractivity contribution in [1.29, 1.82) is 0 Å². The molecule has 0 aromatic heterocycles. The third kappa shape index (κ3) is 3.20. The summed E-state index contributed by atoms with van der Waals surface area (Å²) in [6, 6.07) is 7.51. The summed E-state index contributed by atoms with van der Waals surface area (Å²) in [6.07, 6.45) is 2.31. The van der Waals surface area contributed by atoms with Crippen LogP contribution in [0.3, 0.4) is 0 Å². The molecule has 0 saturated carbocycles. The Morgan fingerprint density at radius 1 is 1.21 bits per heavy atom. The predicted octanol–water partition coefficient (Wildman–Crippen LogP) is 5.53. The molecular weight excluding hydrogens is 383 g/mol. The van der Waals surface area contributed by atoms with Crippen LogP contribution in [0.25, 0.3) is 6.08 Å². The zero-order chi connectivity index (χ0) is 20.0. The number of benzene rings is 2. The molecule has 0 spiro atoms. The van der Waals surface area contributed by atoms with Crippen molar-refractivity contribution in [3.05, 3.63) is 63.6 Å². The van der Waals surface area contributed by atoms with Crippen molar-refractivity contribution in [3.8, 4) is 11.5 Å².